The lowest BCUT2D eigenvalue weighted by Crippen LogP contribution is -2.26. The largest absolute Gasteiger partial charge is 0.384 e. The monoisotopic (exact) mass is 301 g/mol. The Labute approximate surface area is 118 Å². The van der Waals surface area contributed by atoms with Gasteiger partial charge in [0.15, 0.2) is 0 Å². The van der Waals surface area contributed by atoms with Crippen LogP contribution in [0.5, 0.6) is 0 Å². The van der Waals surface area contributed by atoms with Crippen LogP contribution in [0, 0.1) is 17.8 Å². The molecule has 1 heterocycles. The maximum atomic E-state index is 11.7. The summed E-state index contributed by atoms with van der Waals surface area (Å²) in [5, 5.41) is 10.4. The molecule has 0 saturated heterocycles. The standard InChI is InChI=1S/C13H19NO3S2/c1-11(2)5-7-19(16,17)14-9-13-8-12(10-18-13)4-3-6-15/h8,10-11,14-15H,5-7,9H2,1-2H3. The topological polar surface area (TPSA) is 66.4 Å². The van der Waals surface area contributed by atoms with Crippen LogP contribution >= 0.6 is 11.3 Å². The van der Waals surface area contributed by atoms with Gasteiger partial charge in [-0.25, -0.2) is 13.1 Å². The molecular formula is C13H19NO3S2. The Morgan fingerprint density at radius 3 is 2.84 bits per heavy atom. The SMILES string of the molecule is CC(C)CCS(=O)(=O)NCc1cc(C#CCO)cs1. The fourth-order valence-electron chi connectivity index (χ4n) is 1.32. The molecule has 0 aromatic carbocycles. The highest BCUT2D eigenvalue weighted by Crippen LogP contribution is 2.14. The maximum Gasteiger partial charge on any atom is 0.211 e. The van der Waals surface area contributed by atoms with Crippen molar-refractivity contribution in [1.29, 1.82) is 0 Å². The molecule has 0 radical (unpaired) electrons. The van der Waals surface area contributed by atoms with Gasteiger partial charge in [0.05, 0.1) is 5.75 Å². The fraction of sp³-hybridized carbons (Fsp3) is 0.538. The van der Waals surface area contributed by atoms with E-state index in [1.165, 1.54) is 11.3 Å². The molecule has 0 aliphatic rings. The Morgan fingerprint density at radius 1 is 1.47 bits per heavy atom. The van der Waals surface area contributed by atoms with Crippen molar-refractivity contribution in [2.24, 2.45) is 5.92 Å². The Balaban J connectivity index is 2.50. The first-order valence-corrected chi connectivity index (χ1v) is 8.60. The van der Waals surface area contributed by atoms with Crippen LogP contribution in [0.2, 0.25) is 0 Å². The maximum absolute atomic E-state index is 11.7. The third-order valence-electron chi connectivity index (χ3n) is 2.40. The number of thiophene rings is 1. The van der Waals surface area contributed by atoms with Crippen LogP contribution in [-0.4, -0.2) is 25.9 Å². The Kier molecular flexibility index (Phi) is 6.52. The highest BCUT2D eigenvalue weighted by atomic mass is 32.2. The van der Waals surface area contributed by atoms with Crippen molar-refractivity contribution in [3.8, 4) is 11.8 Å². The van der Waals surface area contributed by atoms with Gasteiger partial charge in [0.2, 0.25) is 10.0 Å². The molecule has 106 valence electrons. The average Bonchev–Trinajstić information content (AvgIpc) is 2.80. The van der Waals surface area contributed by atoms with Crippen LogP contribution in [0.15, 0.2) is 11.4 Å². The van der Waals surface area contributed by atoms with Gasteiger partial charge in [-0.15, -0.1) is 11.3 Å². The molecule has 0 unspecified atom stereocenters. The summed E-state index contributed by atoms with van der Waals surface area (Å²) in [6, 6.07) is 1.83. The summed E-state index contributed by atoms with van der Waals surface area (Å²) in [6.45, 7) is 4.13. The number of sulfonamides is 1. The molecule has 1 rings (SSSR count). The van der Waals surface area contributed by atoms with Gasteiger partial charge < -0.3 is 5.11 Å². The Bertz CT molecular complexity index is 550. The van der Waals surface area contributed by atoms with E-state index >= 15 is 0 Å². The summed E-state index contributed by atoms with van der Waals surface area (Å²) in [4.78, 5) is 0.912. The van der Waals surface area contributed by atoms with Gasteiger partial charge in [-0.05, 0) is 18.4 Å². The van der Waals surface area contributed by atoms with E-state index in [0.29, 0.717) is 18.9 Å². The lowest BCUT2D eigenvalue weighted by atomic mass is 10.2. The highest BCUT2D eigenvalue weighted by Gasteiger charge is 2.11. The molecule has 0 aliphatic heterocycles. The van der Waals surface area contributed by atoms with Crippen LogP contribution in [0.4, 0.5) is 0 Å². The van der Waals surface area contributed by atoms with Crippen LogP contribution in [-0.2, 0) is 16.6 Å². The van der Waals surface area contributed by atoms with E-state index in [4.69, 9.17) is 5.11 Å². The van der Waals surface area contributed by atoms with E-state index in [9.17, 15) is 8.42 Å². The quantitative estimate of drug-likeness (QED) is 0.784. The average molecular weight is 301 g/mol. The molecule has 0 amide bonds. The van der Waals surface area contributed by atoms with Crippen LogP contribution in [0.1, 0.15) is 30.7 Å². The minimum absolute atomic E-state index is 0.160. The number of aliphatic hydroxyl groups excluding tert-OH is 1. The van der Waals surface area contributed by atoms with E-state index in [0.717, 1.165) is 10.4 Å². The van der Waals surface area contributed by atoms with E-state index in [1.807, 2.05) is 25.3 Å². The van der Waals surface area contributed by atoms with Gasteiger partial charge in [0.1, 0.15) is 6.61 Å². The van der Waals surface area contributed by atoms with E-state index in [2.05, 4.69) is 16.6 Å². The normalized spacial score (nSPS) is 11.4. The first-order chi connectivity index (χ1) is 8.93. The molecule has 1 aromatic rings. The summed E-state index contributed by atoms with van der Waals surface area (Å²) in [5.74, 6) is 5.88. The summed E-state index contributed by atoms with van der Waals surface area (Å²) in [7, 11) is -3.20. The molecule has 0 bridgehead atoms. The lowest BCUT2D eigenvalue weighted by molar-refractivity contribution is 0.350. The first-order valence-electron chi connectivity index (χ1n) is 6.07. The molecule has 19 heavy (non-hydrogen) atoms. The van der Waals surface area contributed by atoms with E-state index in [-0.39, 0.29) is 12.4 Å². The number of nitrogens with one attached hydrogen (secondary N) is 1. The number of rotatable bonds is 6. The lowest BCUT2D eigenvalue weighted by Gasteiger charge is -2.07. The first kappa shape index (κ1) is 16.2. The highest BCUT2D eigenvalue weighted by molar-refractivity contribution is 7.89. The molecule has 0 atom stereocenters. The van der Waals surface area contributed by atoms with Crippen molar-refractivity contribution in [3.05, 3.63) is 21.9 Å². The van der Waals surface area contributed by atoms with Crippen molar-refractivity contribution in [3.63, 3.8) is 0 Å². The van der Waals surface area contributed by atoms with Crippen molar-refractivity contribution < 1.29 is 13.5 Å². The van der Waals surface area contributed by atoms with Crippen LogP contribution in [0.25, 0.3) is 0 Å². The zero-order chi connectivity index (χ0) is 14.3. The molecule has 1 aromatic heterocycles. The smallest absolute Gasteiger partial charge is 0.211 e. The molecule has 0 fully saturated rings. The molecule has 0 saturated carbocycles. The molecule has 4 nitrogen and oxygen atoms in total. The summed E-state index contributed by atoms with van der Waals surface area (Å²) >= 11 is 1.45. The molecule has 0 aliphatic carbocycles. The van der Waals surface area contributed by atoms with Gasteiger partial charge >= 0.3 is 0 Å². The second kappa shape index (κ2) is 7.65. The van der Waals surface area contributed by atoms with Gasteiger partial charge in [-0.2, -0.15) is 0 Å². The van der Waals surface area contributed by atoms with Gasteiger partial charge in [0.25, 0.3) is 0 Å². The van der Waals surface area contributed by atoms with Crippen LogP contribution in [0.3, 0.4) is 0 Å². The molecule has 2 N–H and O–H groups in total. The fourth-order valence-corrected chi connectivity index (χ4v) is 3.47. The van der Waals surface area contributed by atoms with Gasteiger partial charge in [0, 0.05) is 22.4 Å². The Morgan fingerprint density at radius 2 is 2.21 bits per heavy atom. The second-order valence-corrected chi connectivity index (χ2v) is 7.51. The second-order valence-electron chi connectivity index (χ2n) is 4.58. The predicted octanol–water partition coefficient (Wildman–Crippen LogP) is 1.56. The molecular weight excluding hydrogens is 282 g/mol. The van der Waals surface area contributed by atoms with Crippen molar-refractivity contribution in [2.75, 3.05) is 12.4 Å². The summed E-state index contributed by atoms with van der Waals surface area (Å²) in [6.07, 6.45) is 0.660. The number of aliphatic hydroxyl groups is 1. The van der Waals surface area contributed by atoms with E-state index < -0.39 is 10.0 Å². The third-order valence-corrected chi connectivity index (χ3v) is 4.69. The minimum atomic E-state index is -3.20. The molecule has 6 heteroatoms. The Hall–Kier alpha value is -0.870. The number of hydrogen-bond donors (Lipinski definition) is 2. The van der Waals surface area contributed by atoms with Gasteiger partial charge in [-0.1, -0.05) is 25.7 Å². The predicted molar refractivity (Wildman–Crippen MR) is 78.4 cm³/mol. The third kappa shape index (κ3) is 6.73. The van der Waals surface area contributed by atoms with E-state index in [1.54, 1.807) is 0 Å². The van der Waals surface area contributed by atoms with Crippen molar-refractivity contribution >= 4 is 21.4 Å². The van der Waals surface area contributed by atoms with Crippen molar-refractivity contribution in [1.82, 2.24) is 4.72 Å². The zero-order valence-electron chi connectivity index (χ0n) is 11.1. The summed E-state index contributed by atoms with van der Waals surface area (Å²) < 4.78 is 26.0. The zero-order valence-corrected chi connectivity index (χ0v) is 12.8. The van der Waals surface area contributed by atoms with Gasteiger partial charge in [-0.3, -0.25) is 0 Å². The number of hydrogen-bond acceptors (Lipinski definition) is 4. The summed E-state index contributed by atoms with van der Waals surface area (Å²) in [5.41, 5.74) is 0.801. The minimum Gasteiger partial charge on any atom is -0.384 e. The van der Waals surface area contributed by atoms with Crippen molar-refractivity contribution in [2.45, 2.75) is 26.8 Å². The van der Waals surface area contributed by atoms with Crippen LogP contribution < -0.4 is 4.72 Å². The molecule has 0 spiro atoms.